The first-order valence-electron chi connectivity index (χ1n) is 9.88. The van der Waals surface area contributed by atoms with Gasteiger partial charge in [0.05, 0.1) is 23.8 Å². The Morgan fingerprint density at radius 1 is 1.11 bits per heavy atom. The van der Waals surface area contributed by atoms with E-state index >= 15 is 0 Å². The fourth-order valence-electron chi connectivity index (χ4n) is 4.11. The average Bonchev–Trinajstić information content (AvgIpc) is 3.42. The van der Waals surface area contributed by atoms with Crippen LogP contribution in [0, 0.1) is 6.92 Å². The topological polar surface area (TPSA) is 60.0 Å². The zero-order valence-corrected chi connectivity index (χ0v) is 16.3. The van der Waals surface area contributed by atoms with Crippen LogP contribution in [0.1, 0.15) is 31.2 Å². The molecule has 142 valence electrons. The number of hydrogen-bond acceptors (Lipinski definition) is 4. The number of aromatic nitrogens is 5. The second kappa shape index (κ2) is 6.78. The van der Waals surface area contributed by atoms with Crippen LogP contribution >= 0.6 is 0 Å². The maximum Gasteiger partial charge on any atom is 0.137 e. The zero-order valence-electron chi connectivity index (χ0n) is 16.3. The van der Waals surface area contributed by atoms with Crippen LogP contribution in [0.15, 0.2) is 49.1 Å². The van der Waals surface area contributed by atoms with Crippen molar-refractivity contribution in [1.82, 2.24) is 24.1 Å². The van der Waals surface area contributed by atoms with Crippen molar-refractivity contribution in [2.75, 3.05) is 5.32 Å². The number of imidazole rings is 1. The van der Waals surface area contributed by atoms with E-state index in [-0.39, 0.29) is 0 Å². The Labute approximate surface area is 164 Å². The van der Waals surface area contributed by atoms with Gasteiger partial charge in [0.2, 0.25) is 0 Å². The second-order valence-electron chi connectivity index (χ2n) is 7.68. The summed E-state index contributed by atoms with van der Waals surface area (Å²) in [6.45, 7) is 2.11. The summed E-state index contributed by atoms with van der Waals surface area (Å²) in [6, 6.07) is 8.83. The van der Waals surface area contributed by atoms with Gasteiger partial charge in [0.15, 0.2) is 0 Å². The molecule has 1 fully saturated rings. The number of rotatable bonds is 4. The van der Waals surface area contributed by atoms with E-state index in [4.69, 9.17) is 4.98 Å². The van der Waals surface area contributed by atoms with E-state index in [1.807, 2.05) is 36.4 Å². The Morgan fingerprint density at radius 3 is 2.75 bits per heavy atom. The molecule has 5 rings (SSSR count). The summed E-state index contributed by atoms with van der Waals surface area (Å²) in [7, 11) is 1.94. The van der Waals surface area contributed by atoms with E-state index in [0.717, 1.165) is 34.0 Å². The quantitative estimate of drug-likeness (QED) is 0.575. The first-order valence-corrected chi connectivity index (χ1v) is 9.88. The maximum atomic E-state index is 4.87. The SMILES string of the molecule is Cc1cc2ncc(-c3cccc(NC4CCCC4)n3)n2cc1-c1cnn(C)c1. The van der Waals surface area contributed by atoms with Gasteiger partial charge in [-0.3, -0.25) is 9.08 Å². The standard InChI is InChI=1S/C22H24N6/c1-15-10-22-23-12-20(28(22)14-18(15)16-11-24-27(2)13-16)19-8-5-9-21(26-19)25-17-6-3-4-7-17/h5,8-14,17H,3-4,6-7H2,1-2H3,(H,25,26). The molecule has 6 nitrogen and oxygen atoms in total. The molecule has 0 unspecified atom stereocenters. The Balaban J connectivity index is 1.55. The van der Waals surface area contributed by atoms with E-state index in [1.54, 1.807) is 0 Å². The van der Waals surface area contributed by atoms with Gasteiger partial charge in [-0.05, 0) is 43.5 Å². The lowest BCUT2D eigenvalue weighted by Gasteiger charge is -2.13. The molecule has 0 bridgehead atoms. The predicted octanol–water partition coefficient (Wildman–Crippen LogP) is 4.46. The highest BCUT2D eigenvalue weighted by Gasteiger charge is 2.16. The molecule has 0 radical (unpaired) electrons. The first-order chi connectivity index (χ1) is 13.7. The largest absolute Gasteiger partial charge is 0.367 e. The molecular formula is C22H24N6. The van der Waals surface area contributed by atoms with Crippen molar-refractivity contribution in [2.45, 2.75) is 38.6 Å². The van der Waals surface area contributed by atoms with Crippen molar-refractivity contribution in [1.29, 1.82) is 0 Å². The predicted molar refractivity (Wildman–Crippen MR) is 111 cm³/mol. The van der Waals surface area contributed by atoms with E-state index in [0.29, 0.717) is 6.04 Å². The Morgan fingerprint density at radius 2 is 1.96 bits per heavy atom. The van der Waals surface area contributed by atoms with Gasteiger partial charge >= 0.3 is 0 Å². The molecule has 1 saturated carbocycles. The van der Waals surface area contributed by atoms with E-state index in [2.05, 4.69) is 51.1 Å². The second-order valence-corrected chi connectivity index (χ2v) is 7.68. The van der Waals surface area contributed by atoms with Crippen LogP contribution in [0.4, 0.5) is 5.82 Å². The van der Waals surface area contributed by atoms with E-state index < -0.39 is 0 Å². The Kier molecular flexibility index (Phi) is 4.11. The average molecular weight is 372 g/mol. The third-order valence-electron chi connectivity index (χ3n) is 5.59. The molecular weight excluding hydrogens is 348 g/mol. The number of anilines is 1. The molecule has 4 aromatic heterocycles. The van der Waals surface area contributed by atoms with Crippen molar-refractivity contribution in [3.63, 3.8) is 0 Å². The minimum absolute atomic E-state index is 0.546. The van der Waals surface area contributed by atoms with Gasteiger partial charge in [0.25, 0.3) is 0 Å². The van der Waals surface area contributed by atoms with Crippen LogP contribution < -0.4 is 5.32 Å². The highest BCUT2D eigenvalue weighted by molar-refractivity contribution is 5.70. The lowest BCUT2D eigenvalue weighted by atomic mass is 10.1. The molecule has 28 heavy (non-hydrogen) atoms. The highest BCUT2D eigenvalue weighted by Crippen LogP contribution is 2.28. The van der Waals surface area contributed by atoms with Gasteiger partial charge in [0.1, 0.15) is 11.5 Å². The maximum absolute atomic E-state index is 4.87. The van der Waals surface area contributed by atoms with Gasteiger partial charge in [-0.25, -0.2) is 9.97 Å². The fourth-order valence-corrected chi connectivity index (χ4v) is 4.11. The summed E-state index contributed by atoms with van der Waals surface area (Å²) in [5, 5.41) is 7.90. The summed E-state index contributed by atoms with van der Waals surface area (Å²) < 4.78 is 3.95. The third-order valence-corrected chi connectivity index (χ3v) is 5.59. The molecule has 0 aliphatic heterocycles. The van der Waals surface area contributed by atoms with Gasteiger partial charge in [-0.15, -0.1) is 0 Å². The Hall–Kier alpha value is -3.15. The zero-order chi connectivity index (χ0) is 19.1. The summed E-state index contributed by atoms with van der Waals surface area (Å²) in [5.74, 6) is 0.943. The molecule has 1 N–H and O–H groups in total. The summed E-state index contributed by atoms with van der Waals surface area (Å²) >= 11 is 0. The van der Waals surface area contributed by atoms with Crippen molar-refractivity contribution < 1.29 is 0 Å². The molecule has 1 aliphatic rings. The number of aryl methyl sites for hydroxylation is 2. The smallest absolute Gasteiger partial charge is 0.137 e. The fraction of sp³-hybridized carbons (Fsp3) is 0.318. The molecule has 4 heterocycles. The molecule has 0 amide bonds. The minimum atomic E-state index is 0.546. The third kappa shape index (κ3) is 3.05. The molecule has 4 aromatic rings. The number of fused-ring (bicyclic) bond motifs is 1. The molecule has 0 saturated heterocycles. The number of nitrogens with zero attached hydrogens (tertiary/aromatic N) is 5. The Bertz CT molecular complexity index is 1130. The molecule has 0 spiro atoms. The molecule has 1 aliphatic carbocycles. The number of hydrogen-bond donors (Lipinski definition) is 1. The van der Waals surface area contributed by atoms with Gasteiger partial charge in [0, 0.05) is 36.6 Å². The van der Waals surface area contributed by atoms with Crippen molar-refractivity contribution in [3.8, 4) is 22.5 Å². The van der Waals surface area contributed by atoms with Gasteiger partial charge in [-0.2, -0.15) is 5.10 Å². The summed E-state index contributed by atoms with van der Waals surface area (Å²) in [5.41, 5.74) is 6.29. The van der Waals surface area contributed by atoms with E-state index in [9.17, 15) is 0 Å². The molecule has 6 heteroatoms. The van der Waals surface area contributed by atoms with Crippen LogP contribution in [0.2, 0.25) is 0 Å². The summed E-state index contributed by atoms with van der Waals surface area (Å²) in [6.07, 6.45) is 13.1. The van der Waals surface area contributed by atoms with Crippen LogP contribution in [0.5, 0.6) is 0 Å². The lowest BCUT2D eigenvalue weighted by molar-refractivity contribution is 0.751. The van der Waals surface area contributed by atoms with Crippen molar-refractivity contribution in [3.05, 3.63) is 54.6 Å². The summed E-state index contributed by atoms with van der Waals surface area (Å²) in [4.78, 5) is 9.48. The highest BCUT2D eigenvalue weighted by atomic mass is 15.2. The van der Waals surface area contributed by atoms with Gasteiger partial charge < -0.3 is 5.32 Å². The van der Waals surface area contributed by atoms with Crippen molar-refractivity contribution in [2.24, 2.45) is 7.05 Å². The van der Waals surface area contributed by atoms with E-state index in [1.165, 1.54) is 31.2 Å². The minimum Gasteiger partial charge on any atom is -0.367 e. The number of pyridine rings is 2. The van der Waals surface area contributed by atoms with Gasteiger partial charge in [-0.1, -0.05) is 18.9 Å². The molecule has 0 atom stereocenters. The number of nitrogens with one attached hydrogen (secondary N) is 1. The monoisotopic (exact) mass is 372 g/mol. The van der Waals surface area contributed by atoms with Crippen LogP contribution in [0.25, 0.3) is 28.2 Å². The van der Waals surface area contributed by atoms with Crippen LogP contribution in [-0.2, 0) is 7.05 Å². The van der Waals surface area contributed by atoms with Crippen LogP contribution in [-0.4, -0.2) is 30.2 Å². The first kappa shape index (κ1) is 17.0. The lowest BCUT2D eigenvalue weighted by Crippen LogP contribution is -2.15. The van der Waals surface area contributed by atoms with Crippen molar-refractivity contribution >= 4 is 11.5 Å². The van der Waals surface area contributed by atoms with Crippen LogP contribution in [0.3, 0.4) is 0 Å². The normalized spacial score (nSPS) is 14.8. The molecule has 0 aromatic carbocycles.